The van der Waals surface area contributed by atoms with Crippen LogP contribution in [0.3, 0.4) is 0 Å². The third-order valence-corrected chi connectivity index (χ3v) is 7.06. The SMILES string of the molecule is CC1(C)CCC(O)(CNS(=O)(=O)CS(C)(=O)=O)CC1. The second-order valence-corrected chi connectivity index (χ2v) is 10.7. The zero-order valence-corrected chi connectivity index (χ0v) is 13.3. The summed E-state index contributed by atoms with van der Waals surface area (Å²) < 4.78 is 47.3. The normalized spacial score (nSPS) is 23.2. The van der Waals surface area contributed by atoms with E-state index in [2.05, 4.69) is 18.6 Å². The van der Waals surface area contributed by atoms with Crippen molar-refractivity contribution in [1.29, 1.82) is 0 Å². The molecule has 19 heavy (non-hydrogen) atoms. The first-order valence-corrected chi connectivity index (χ1v) is 9.91. The highest BCUT2D eigenvalue weighted by atomic mass is 32.3. The van der Waals surface area contributed by atoms with Gasteiger partial charge in [0.15, 0.2) is 14.9 Å². The number of rotatable bonds is 5. The van der Waals surface area contributed by atoms with Crippen LogP contribution >= 0.6 is 0 Å². The van der Waals surface area contributed by atoms with Crippen LogP contribution in [0.5, 0.6) is 0 Å². The van der Waals surface area contributed by atoms with E-state index >= 15 is 0 Å². The van der Waals surface area contributed by atoms with Gasteiger partial charge in [0.25, 0.3) is 0 Å². The van der Waals surface area contributed by atoms with E-state index in [1.54, 1.807) is 0 Å². The van der Waals surface area contributed by atoms with E-state index in [1.807, 2.05) is 0 Å². The van der Waals surface area contributed by atoms with Crippen molar-refractivity contribution >= 4 is 19.9 Å². The molecule has 0 atom stereocenters. The van der Waals surface area contributed by atoms with Gasteiger partial charge in [-0.3, -0.25) is 0 Å². The van der Waals surface area contributed by atoms with E-state index in [0.717, 1.165) is 19.1 Å². The molecule has 114 valence electrons. The lowest BCUT2D eigenvalue weighted by atomic mass is 9.71. The van der Waals surface area contributed by atoms with Crippen LogP contribution in [0.1, 0.15) is 39.5 Å². The molecular weight excluding hydrogens is 290 g/mol. The third-order valence-electron chi connectivity index (χ3n) is 3.52. The number of nitrogens with one attached hydrogen (secondary N) is 1. The van der Waals surface area contributed by atoms with Crippen molar-refractivity contribution < 1.29 is 21.9 Å². The second-order valence-electron chi connectivity index (χ2n) is 6.37. The van der Waals surface area contributed by atoms with Crippen LogP contribution < -0.4 is 4.72 Å². The zero-order chi connectivity index (χ0) is 14.9. The molecule has 0 radical (unpaired) electrons. The lowest BCUT2D eigenvalue weighted by Gasteiger charge is -2.40. The average Bonchev–Trinajstić information content (AvgIpc) is 2.18. The maximum absolute atomic E-state index is 11.6. The number of sulfonamides is 1. The Kier molecular flexibility index (Phi) is 4.71. The van der Waals surface area contributed by atoms with E-state index in [-0.39, 0.29) is 12.0 Å². The van der Waals surface area contributed by atoms with Crippen LogP contribution in [0.2, 0.25) is 0 Å². The molecule has 1 aliphatic carbocycles. The minimum absolute atomic E-state index is 0.124. The van der Waals surface area contributed by atoms with Gasteiger partial charge >= 0.3 is 0 Å². The van der Waals surface area contributed by atoms with Gasteiger partial charge in [0, 0.05) is 12.8 Å². The summed E-state index contributed by atoms with van der Waals surface area (Å²) in [6.45, 7) is 4.10. The van der Waals surface area contributed by atoms with Gasteiger partial charge < -0.3 is 5.11 Å². The predicted octanol–water partition coefficient (Wildman–Crippen LogP) is 0.239. The molecule has 0 amide bonds. The average molecular weight is 313 g/mol. The number of hydrogen-bond donors (Lipinski definition) is 2. The minimum Gasteiger partial charge on any atom is -0.389 e. The van der Waals surface area contributed by atoms with Crippen LogP contribution in [-0.2, 0) is 19.9 Å². The lowest BCUT2D eigenvalue weighted by molar-refractivity contribution is -0.0205. The van der Waals surface area contributed by atoms with Crippen molar-refractivity contribution in [1.82, 2.24) is 4.72 Å². The molecule has 0 bridgehead atoms. The second kappa shape index (κ2) is 5.31. The Morgan fingerprint density at radius 3 is 1.95 bits per heavy atom. The number of hydrogen-bond acceptors (Lipinski definition) is 5. The Morgan fingerprint density at radius 2 is 1.53 bits per heavy atom. The summed E-state index contributed by atoms with van der Waals surface area (Å²) in [5.74, 6) is 0. The maximum atomic E-state index is 11.6. The molecule has 1 aliphatic rings. The summed E-state index contributed by atoms with van der Waals surface area (Å²) >= 11 is 0. The van der Waals surface area contributed by atoms with Gasteiger partial charge in [0.2, 0.25) is 10.0 Å². The monoisotopic (exact) mass is 313 g/mol. The molecule has 0 aromatic carbocycles. The van der Waals surface area contributed by atoms with Gasteiger partial charge in [-0.1, -0.05) is 13.8 Å². The van der Waals surface area contributed by atoms with Crippen molar-refractivity contribution in [2.75, 3.05) is 17.9 Å². The molecular formula is C11H23NO5S2. The highest BCUT2D eigenvalue weighted by Gasteiger charge is 2.37. The summed E-state index contributed by atoms with van der Waals surface area (Å²) in [7, 11) is -7.51. The standard InChI is InChI=1S/C11H23NO5S2/c1-10(2)4-6-11(13,7-5-10)8-12-19(16,17)9-18(3,14)15/h12-13H,4-9H2,1-3H3. The number of aliphatic hydroxyl groups is 1. The highest BCUT2D eigenvalue weighted by molar-refractivity contribution is 8.06. The Morgan fingerprint density at radius 1 is 1.05 bits per heavy atom. The van der Waals surface area contributed by atoms with Crippen LogP contribution in [0.15, 0.2) is 0 Å². The topological polar surface area (TPSA) is 101 Å². The molecule has 1 fully saturated rings. The molecule has 0 unspecified atom stereocenters. The fourth-order valence-corrected chi connectivity index (χ4v) is 5.21. The fraction of sp³-hybridized carbons (Fsp3) is 1.00. The third kappa shape index (κ3) is 6.20. The summed E-state index contributed by atoms with van der Waals surface area (Å²) in [5.41, 5.74) is -0.905. The Labute approximate surface area is 115 Å². The van der Waals surface area contributed by atoms with Gasteiger partial charge in [-0.25, -0.2) is 21.6 Å². The fourth-order valence-electron chi connectivity index (χ4n) is 2.14. The Balaban J connectivity index is 2.58. The molecule has 0 spiro atoms. The maximum Gasteiger partial charge on any atom is 0.226 e. The van der Waals surface area contributed by atoms with Crippen molar-refractivity contribution in [3.05, 3.63) is 0 Å². The van der Waals surface area contributed by atoms with E-state index < -0.39 is 30.5 Å². The van der Waals surface area contributed by atoms with Crippen molar-refractivity contribution in [2.45, 2.75) is 45.1 Å². The Bertz CT molecular complexity index is 511. The van der Waals surface area contributed by atoms with Crippen LogP contribution in [0.25, 0.3) is 0 Å². The van der Waals surface area contributed by atoms with Crippen molar-refractivity contribution in [2.24, 2.45) is 5.41 Å². The highest BCUT2D eigenvalue weighted by Crippen LogP contribution is 2.39. The van der Waals surface area contributed by atoms with Crippen molar-refractivity contribution in [3.63, 3.8) is 0 Å². The summed E-state index contributed by atoms with van der Waals surface area (Å²) in [4.78, 5) is 0. The molecule has 0 heterocycles. The van der Waals surface area contributed by atoms with Crippen LogP contribution in [0, 0.1) is 5.41 Å². The summed E-state index contributed by atoms with van der Waals surface area (Å²) in [6.07, 6.45) is 3.53. The van der Waals surface area contributed by atoms with Crippen molar-refractivity contribution in [3.8, 4) is 0 Å². The molecule has 0 aromatic heterocycles. The molecule has 2 N–H and O–H groups in total. The van der Waals surface area contributed by atoms with E-state index in [0.29, 0.717) is 12.8 Å². The summed E-state index contributed by atoms with van der Waals surface area (Å²) in [6, 6.07) is 0. The van der Waals surface area contributed by atoms with E-state index in [9.17, 15) is 21.9 Å². The van der Waals surface area contributed by atoms with Crippen LogP contribution in [-0.4, -0.2) is 45.4 Å². The quantitative estimate of drug-likeness (QED) is 0.757. The molecule has 0 aliphatic heterocycles. The zero-order valence-electron chi connectivity index (χ0n) is 11.6. The van der Waals surface area contributed by atoms with Gasteiger partial charge in [0.05, 0.1) is 5.60 Å². The molecule has 0 aromatic rings. The van der Waals surface area contributed by atoms with Gasteiger partial charge in [-0.2, -0.15) is 0 Å². The smallest absolute Gasteiger partial charge is 0.226 e. The van der Waals surface area contributed by atoms with Gasteiger partial charge in [-0.15, -0.1) is 0 Å². The lowest BCUT2D eigenvalue weighted by Crippen LogP contribution is -2.47. The van der Waals surface area contributed by atoms with Gasteiger partial charge in [-0.05, 0) is 31.1 Å². The first-order valence-electron chi connectivity index (χ1n) is 6.20. The molecule has 6 nitrogen and oxygen atoms in total. The van der Waals surface area contributed by atoms with E-state index in [1.165, 1.54) is 0 Å². The minimum atomic E-state index is -3.90. The summed E-state index contributed by atoms with van der Waals surface area (Å²) in [5, 5.41) is 9.35. The molecule has 8 heteroatoms. The first-order chi connectivity index (χ1) is 8.33. The van der Waals surface area contributed by atoms with E-state index in [4.69, 9.17) is 0 Å². The first kappa shape index (κ1) is 16.9. The predicted molar refractivity (Wildman–Crippen MR) is 73.8 cm³/mol. The molecule has 1 saturated carbocycles. The van der Waals surface area contributed by atoms with Gasteiger partial charge in [0.1, 0.15) is 0 Å². The Hall–Kier alpha value is -0.180. The largest absolute Gasteiger partial charge is 0.389 e. The molecule has 1 rings (SSSR count). The van der Waals surface area contributed by atoms with Crippen LogP contribution in [0.4, 0.5) is 0 Å². The number of sulfone groups is 1. The molecule has 0 saturated heterocycles.